The Morgan fingerprint density at radius 2 is 1.84 bits per heavy atom. The van der Waals surface area contributed by atoms with E-state index in [0.29, 0.717) is 5.69 Å². The third-order valence-corrected chi connectivity index (χ3v) is 6.69. The molecule has 0 unspecified atom stereocenters. The van der Waals surface area contributed by atoms with Crippen LogP contribution >= 0.6 is 0 Å². The number of aromatic nitrogens is 5. The smallest absolute Gasteiger partial charge is 0.272 e. The van der Waals surface area contributed by atoms with E-state index in [1.54, 1.807) is 0 Å². The summed E-state index contributed by atoms with van der Waals surface area (Å²) >= 11 is 0. The number of amides is 1. The fourth-order valence-corrected chi connectivity index (χ4v) is 5.16. The minimum Gasteiger partial charge on any atom is -0.356 e. The monoisotopic (exact) mass is 435 g/mol. The molecule has 1 atom stereocenters. The fraction of sp³-hybridized carbons (Fsp3) is 0.583. The molecular weight excluding hydrogens is 402 g/mol. The zero-order chi connectivity index (χ0) is 22.2. The summed E-state index contributed by atoms with van der Waals surface area (Å²) in [5.74, 6) is 1.12. The van der Waals surface area contributed by atoms with Gasteiger partial charge in [-0.25, -0.2) is 9.50 Å². The maximum Gasteiger partial charge on any atom is 0.272 e. The van der Waals surface area contributed by atoms with Gasteiger partial charge in [-0.2, -0.15) is 10.2 Å². The molecule has 0 N–H and O–H groups in total. The predicted octanol–water partition coefficient (Wildman–Crippen LogP) is 3.92. The van der Waals surface area contributed by atoms with Crippen LogP contribution < -0.4 is 4.90 Å². The number of rotatable bonds is 5. The minimum absolute atomic E-state index is 0.0289. The lowest BCUT2D eigenvalue weighted by molar-refractivity contribution is 0.0592. The van der Waals surface area contributed by atoms with Crippen LogP contribution in [0.25, 0.3) is 5.65 Å². The van der Waals surface area contributed by atoms with Crippen LogP contribution in [0.2, 0.25) is 0 Å². The molecule has 0 spiro atoms. The largest absolute Gasteiger partial charge is 0.356 e. The first-order valence-electron chi connectivity index (χ1n) is 12.0. The van der Waals surface area contributed by atoms with E-state index < -0.39 is 0 Å². The highest BCUT2D eigenvalue weighted by Crippen LogP contribution is 2.33. The molecule has 2 aliphatic rings. The number of hydrogen-bond acceptors (Lipinski definition) is 5. The van der Waals surface area contributed by atoms with Gasteiger partial charge in [0.15, 0.2) is 5.65 Å². The van der Waals surface area contributed by atoms with Crippen molar-refractivity contribution in [2.75, 3.05) is 24.5 Å². The summed E-state index contributed by atoms with van der Waals surface area (Å²) in [5.41, 5.74) is 4.51. The average Bonchev–Trinajstić information content (AvgIpc) is 3.52. The lowest BCUT2D eigenvalue weighted by Gasteiger charge is -2.34. The Hall–Kier alpha value is -2.90. The van der Waals surface area contributed by atoms with Gasteiger partial charge < -0.3 is 9.80 Å². The van der Waals surface area contributed by atoms with Crippen LogP contribution in [0, 0.1) is 13.8 Å². The number of carbonyl (C=O) groups is 1. The third-order valence-electron chi connectivity index (χ3n) is 6.69. The summed E-state index contributed by atoms with van der Waals surface area (Å²) in [6, 6.07) is 3.96. The summed E-state index contributed by atoms with van der Waals surface area (Å²) in [5, 5.41) is 9.42. The number of carbonyl (C=O) groups excluding carboxylic acids is 1. The summed E-state index contributed by atoms with van der Waals surface area (Å²) in [4.78, 5) is 22.9. The van der Waals surface area contributed by atoms with Gasteiger partial charge in [0.2, 0.25) is 0 Å². The van der Waals surface area contributed by atoms with Crippen molar-refractivity contribution in [1.29, 1.82) is 0 Å². The van der Waals surface area contributed by atoms with Gasteiger partial charge >= 0.3 is 0 Å². The molecule has 3 aromatic rings. The summed E-state index contributed by atoms with van der Waals surface area (Å²) < 4.78 is 3.74. The Morgan fingerprint density at radius 1 is 1.06 bits per heavy atom. The van der Waals surface area contributed by atoms with Crippen LogP contribution in [0.1, 0.15) is 78.9 Å². The van der Waals surface area contributed by atoms with Crippen molar-refractivity contribution in [2.24, 2.45) is 0 Å². The first-order chi connectivity index (χ1) is 15.5. The molecule has 2 saturated heterocycles. The first kappa shape index (κ1) is 21.0. The van der Waals surface area contributed by atoms with Gasteiger partial charge in [-0.3, -0.25) is 9.48 Å². The second kappa shape index (κ2) is 8.56. The Morgan fingerprint density at radius 3 is 2.62 bits per heavy atom. The van der Waals surface area contributed by atoms with Gasteiger partial charge in [0.25, 0.3) is 5.91 Å². The van der Waals surface area contributed by atoms with Crippen molar-refractivity contribution in [3.05, 3.63) is 41.0 Å². The van der Waals surface area contributed by atoms with Crippen LogP contribution in [0.3, 0.4) is 0 Å². The lowest BCUT2D eigenvalue weighted by atomic mass is 9.99. The zero-order valence-electron chi connectivity index (χ0n) is 19.4. The molecule has 5 rings (SSSR count). The Bertz CT molecular complexity index is 1130. The lowest BCUT2D eigenvalue weighted by Crippen LogP contribution is -2.39. The van der Waals surface area contributed by atoms with E-state index in [1.807, 2.05) is 27.1 Å². The quantitative estimate of drug-likeness (QED) is 0.607. The van der Waals surface area contributed by atoms with Crippen molar-refractivity contribution >= 4 is 17.4 Å². The highest BCUT2D eigenvalue weighted by atomic mass is 16.2. The topological polar surface area (TPSA) is 71.6 Å². The van der Waals surface area contributed by atoms with Crippen molar-refractivity contribution in [1.82, 2.24) is 29.3 Å². The molecule has 0 bridgehead atoms. The maximum absolute atomic E-state index is 13.6. The third kappa shape index (κ3) is 3.76. The molecule has 8 heteroatoms. The summed E-state index contributed by atoms with van der Waals surface area (Å²) in [7, 11) is 0. The average molecular weight is 436 g/mol. The van der Waals surface area contributed by atoms with Crippen molar-refractivity contribution in [2.45, 2.75) is 71.9 Å². The molecule has 32 heavy (non-hydrogen) atoms. The molecule has 8 nitrogen and oxygen atoms in total. The van der Waals surface area contributed by atoms with E-state index in [-0.39, 0.29) is 11.9 Å². The van der Waals surface area contributed by atoms with E-state index in [2.05, 4.69) is 36.1 Å². The first-order valence-corrected chi connectivity index (χ1v) is 12.0. The van der Waals surface area contributed by atoms with E-state index in [0.717, 1.165) is 80.3 Å². The Labute approximate surface area is 189 Å². The van der Waals surface area contributed by atoms with E-state index in [1.165, 1.54) is 12.8 Å². The number of anilines is 1. The number of aryl methyl sites for hydroxylation is 3. The molecule has 2 fully saturated rings. The van der Waals surface area contributed by atoms with Crippen LogP contribution in [0.4, 0.5) is 5.82 Å². The van der Waals surface area contributed by atoms with Crippen LogP contribution in [-0.4, -0.2) is 54.8 Å². The molecule has 2 aliphatic heterocycles. The second-order valence-electron chi connectivity index (χ2n) is 9.22. The SMILES string of the molecule is CCCn1nc(C)cc1C(=O)N1CCCC[C@H]1c1cc2nc(N3CCCC3)c(C)cn2n1. The number of hydrogen-bond donors (Lipinski definition) is 0. The van der Waals surface area contributed by atoms with Gasteiger partial charge in [-0.15, -0.1) is 0 Å². The van der Waals surface area contributed by atoms with Crippen LogP contribution in [-0.2, 0) is 6.54 Å². The Kier molecular flexibility index (Phi) is 5.61. The van der Waals surface area contributed by atoms with E-state index in [4.69, 9.17) is 10.1 Å². The van der Waals surface area contributed by atoms with E-state index >= 15 is 0 Å². The molecule has 0 radical (unpaired) electrons. The molecule has 0 aromatic carbocycles. The van der Waals surface area contributed by atoms with Gasteiger partial charge in [0.1, 0.15) is 11.5 Å². The minimum atomic E-state index is -0.0289. The van der Waals surface area contributed by atoms with Gasteiger partial charge in [-0.05, 0) is 58.4 Å². The molecular formula is C24H33N7O. The second-order valence-corrected chi connectivity index (χ2v) is 9.22. The zero-order valence-corrected chi connectivity index (χ0v) is 19.4. The van der Waals surface area contributed by atoms with Crippen molar-refractivity contribution < 1.29 is 4.79 Å². The molecule has 1 amide bonds. The van der Waals surface area contributed by atoms with Crippen molar-refractivity contribution in [3.8, 4) is 0 Å². The molecule has 0 aliphatic carbocycles. The highest BCUT2D eigenvalue weighted by Gasteiger charge is 2.32. The molecule has 3 aromatic heterocycles. The maximum atomic E-state index is 13.6. The Balaban J connectivity index is 1.47. The van der Waals surface area contributed by atoms with E-state index in [9.17, 15) is 4.79 Å². The molecule has 170 valence electrons. The van der Waals surface area contributed by atoms with Crippen LogP contribution in [0.5, 0.6) is 0 Å². The number of nitrogens with zero attached hydrogens (tertiary/aromatic N) is 7. The van der Waals surface area contributed by atoms with Crippen molar-refractivity contribution in [3.63, 3.8) is 0 Å². The number of likely N-dealkylation sites (tertiary alicyclic amines) is 1. The standard InChI is InChI=1S/C24H33N7O/c1-4-10-30-21(14-18(3)26-30)24(32)29-13-6-5-9-20(29)19-15-22-25-23(28-11-7-8-12-28)17(2)16-31(22)27-19/h14-16,20H,4-13H2,1-3H3/t20-/m0/s1. The molecule has 5 heterocycles. The van der Waals surface area contributed by atoms with Gasteiger partial charge in [0.05, 0.1) is 17.4 Å². The highest BCUT2D eigenvalue weighted by molar-refractivity contribution is 5.93. The fourth-order valence-electron chi connectivity index (χ4n) is 5.16. The summed E-state index contributed by atoms with van der Waals surface area (Å²) in [6.45, 7) is 9.81. The van der Waals surface area contributed by atoms with Gasteiger partial charge in [-0.1, -0.05) is 6.92 Å². The normalized spacial score (nSPS) is 19.3. The predicted molar refractivity (Wildman–Crippen MR) is 124 cm³/mol. The molecule has 0 saturated carbocycles. The van der Waals surface area contributed by atoms with Crippen LogP contribution in [0.15, 0.2) is 18.3 Å². The number of fused-ring (bicyclic) bond motifs is 1. The van der Waals surface area contributed by atoms with Gasteiger partial charge in [0, 0.05) is 44.0 Å². The number of piperidine rings is 1. The summed E-state index contributed by atoms with van der Waals surface area (Å²) in [6.07, 6.45) is 8.52.